The number of hydrogen-bond donors (Lipinski definition) is 1. The van der Waals surface area contributed by atoms with E-state index in [-0.39, 0.29) is 19.0 Å². The van der Waals surface area contributed by atoms with Crippen molar-refractivity contribution in [3.05, 3.63) is 34.9 Å². The summed E-state index contributed by atoms with van der Waals surface area (Å²) in [6.07, 6.45) is -4.59. The first kappa shape index (κ1) is 15.7. The first-order valence-corrected chi connectivity index (χ1v) is 4.38. The normalized spacial score (nSPS) is 10.6. The molecule has 0 fully saturated rings. The fourth-order valence-electron chi connectivity index (χ4n) is 1.24. The highest BCUT2D eigenvalue weighted by molar-refractivity contribution is 5.91. The third-order valence-electron chi connectivity index (χ3n) is 2.03. The smallest absolute Gasteiger partial charge is 0.417 e. The van der Waals surface area contributed by atoms with Gasteiger partial charge in [-0.25, -0.2) is 4.79 Å². The van der Waals surface area contributed by atoms with E-state index >= 15 is 0 Å². The second-order valence-electron chi connectivity index (χ2n) is 3.07. The Morgan fingerprint density at radius 2 is 2.00 bits per heavy atom. The Labute approximate surface area is 102 Å². The number of esters is 1. The lowest BCUT2D eigenvalue weighted by Crippen LogP contribution is -2.15. The zero-order valence-electron chi connectivity index (χ0n) is 8.88. The number of rotatable bonds is 2. The van der Waals surface area contributed by atoms with Gasteiger partial charge in [0, 0.05) is 6.54 Å². The van der Waals surface area contributed by atoms with Gasteiger partial charge < -0.3 is 10.5 Å². The lowest BCUT2D eigenvalue weighted by atomic mass is 10.0. The third-order valence-corrected chi connectivity index (χ3v) is 2.03. The topological polar surface area (TPSA) is 52.3 Å². The maximum atomic E-state index is 12.5. The molecule has 0 heterocycles. The lowest BCUT2D eigenvalue weighted by Gasteiger charge is -2.12. The molecule has 0 saturated carbocycles. The van der Waals surface area contributed by atoms with Gasteiger partial charge in [-0.05, 0) is 17.7 Å². The second-order valence-corrected chi connectivity index (χ2v) is 3.07. The van der Waals surface area contributed by atoms with Crippen molar-refractivity contribution in [2.75, 3.05) is 7.11 Å². The molecule has 0 unspecified atom stereocenters. The highest BCUT2D eigenvalue weighted by Crippen LogP contribution is 2.32. The summed E-state index contributed by atoms with van der Waals surface area (Å²) in [4.78, 5) is 11.2. The number of methoxy groups -OCH3 is 1. The molecule has 7 heteroatoms. The third kappa shape index (κ3) is 3.61. The summed E-state index contributed by atoms with van der Waals surface area (Å²) in [5.74, 6) is -1.03. The minimum absolute atomic E-state index is 0. The number of hydrogen-bond acceptors (Lipinski definition) is 3. The average molecular weight is 270 g/mol. The maximum absolute atomic E-state index is 12.5. The zero-order valence-corrected chi connectivity index (χ0v) is 9.69. The molecule has 3 nitrogen and oxygen atoms in total. The molecule has 0 radical (unpaired) electrons. The Morgan fingerprint density at radius 3 is 2.41 bits per heavy atom. The van der Waals surface area contributed by atoms with Crippen molar-refractivity contribution in [3.63, 3.8) is 0 Å². The van der Waals surface area contributed by atoms with Crippen molar-refractivity contribution >= 4 is 18.4 Å². The Kier molecular flexibility index (Phi) is 5.44. The fraction of sp³-hybridized carbons (Fsp3) is 0.300. The molecule has 0 aliphatic carbocycles. The number of carbonyl (C=O) groups is 1. The molecule has 0 spiro atoms. The maximum Gasteiger partial charge on any atom is 0.417 e. The minimum Gasteiger partial charge on any atom is -0.465 e. The first-order valence-electron chi connectivity index (χ1n) is 4.38. The molecule has 96 valence electrons. The van der Waals surface area contributed by atoms with Gasteiger partial charge in [-0.1, -0.05) is 6.07 Å². The molecule has 1 aromatic carbocycles. The van der Waals surface area contributed by atoms with E-state index in [4.69, 9.17) is 5.73 Å². The van der Waals surface area contributed by atoms with Crippen LogP contribution >= 0.6 is 12.4 Å². The minimum atomic E-state index is -4.59. The molecule has 0 bridgehead atoms. The molecule has 17 heavy (non-hydrogen) atoms. The van der Waals surface area contributed by atoms with Gasteiger partial charge in [0.15, 0.2) is 0 Å². The van der Waals surface area contributed by atoms with Crippen molar-refractivity contribution < 1.29 is 22.7 Å². The van der Waals surface area contributed by atoms with E-state index in [1.54, 1.807) is 0 Å². The predicted octanol–water partition coefficient (Wildman–Crippen LogP) is 2.37. The molecular weight excluding hydrogens is 259 g/mol. The Morgan fingerprint density at radius 1 is 1.41 bits per heavy atom. The van der Waals surface area contributed by atoms with Gasteiger partial charge in [0.2, 0.25) is 0 Å². The van der Waals surface area contributed by atoms with E-state index in [1.165, 1.54) is 6.07 Å². The summed E-state index contributed by atoms with van der Waals surface area (Å²) in [6, 6.07) is 3.15. The number of ether oxygens (including phenoxy) is 1. The van der Waals surface area contributed by atoms with Gasteiger partial charge >= 0.3 is 12.1 Å². The average Bonchev–Trinajstić information content (AvgIpc) is 2.25. The van der Waals surface area contributed by atoms with Gasteiger partial charge in [-0.15, -0.1) is 12.4 Å². The standard InChI is InChI=1S/C10H10F3NO2.ClH/c1-16-9(15)7-4-6(5-14)2-3-8(7)10(11,12)13;/h2-4H,5,14H2,1H3;1H. The van der Waals surface area contributed by atoms with Gasteiger partial charge in [0.1, 0.15) is 0 Å². The van der Waals surface area contributed by atoms with Crippen LogP contribution in [0, 0.1) is 0 Å². The number of halogens is 4. The van der Waals surface area contributed by atoms with Crippen molar-refractivity contribution in [2.24, 2.45) is 5.73 Å². The Bertz CT molecular complexity index is 407. The molecule has 0 amide bonds. The highest BCUT2D eigenvalue weighted by Gasteiger charge is 2.35. The zero-order chi connectivity index (χ0) is 12.3. The van der Waals surface area contributed by atoms with Crippen LogP contribution in [0.3, 0.4) is 0 Å². The summed E-state index contributed by atoms with van der Waals surface area (Å²) in [7, 11) is 1.03. The van der Waals surface area contributed by atoms with Crippen LogP contribution in [0.15, 0.2) is 18.2 Å². The molecule has 0 atom stereocenters. The second kappa shape index (κ2) is 5.88. The van der Waals surface area contributed by atoms with E-state index < -0.39 is 23.3 Å². The fourth-order valence-corrected chi connectivity index (χ4v) is 1.24. The number of benzene rings is 1. The first-order chi connectivity index (χ1) is 7.40. The van der Waals surface area contributed by atoms with Crippen LogP contribution in [0.4, 0.5) is 13.2 Å². The molecule has 1 rings (SSSR count). The lowest BCUT2D eigenvalue weighted by molar-refractivity contribution is -0.138. The van der Waals surface area contributed by atoms with Crippen LogP contribution in [0.5, 0.6) is 0 Å². The van der Waals surface area contributed by atoms with E-state index in [2.05, 4.69) is 4.74 Å². The van der Waals surface area contributed by atoms with Crippen LogP contribution in [0.2, 0.25) is 0 Å². The van der Waals surface area contributed by atoms with Gasteiger partial charge in [-0.2, -0.15) is 13.2 Å². The van der Waals surface area contributed by atoms with Crippen LogP contribution < -0.4 is 5.73 Å². The van der Waals surface area contributed by atoms with Crippen LogP contribution in [0.25, 0.3) is 0 Å². The van der Waals surface area contributed by atoms with Crippen LogP contribution in [0.1, 0.15) is 21.5 Å². The Balaban J connectivity index is 0.00000256. The van der Waals surface area contributed by atoms with Crippen molar-refractivity contribution in [1.29, 1.82) is 0 Å². The summed E-state index contributed by atoms with van der Waals surface area (Å²) in [5.41, 5.74) is 4.19. The summed E-state index contributed by atoms with van der Waals surface area (Å²) in [6.45, 7) is 0.0577. The van der Waals surface area contributed by atoms with Crippen molar-refractivity contribution in [2.45, 2.75) is 12.7 Å². The van der Waals surface area contributed by atoms with Crippen LogP contribution in [-0.4, -0.2) is 13.1 Å². The highest BCUT2D eigenvalue weighted by atomic mass is 35.5. The van der Waals surface area contributed by atoms with Gasteiger partial charge in [-0.3, -0.25) is 0 Å². The largest absolute Gasteiger partial charge is 0.465 e. The number of carbonyl (C=O) groups excluding carboxylic acids is 1. The Hall–Kier alpha value is -1.27. The van der Waals surface area contributed by atoms with E-state index in [0.29, 0.717) is 5.56 Å². The summed E-state index contributed by atoms with van der Waals surface area (Å²) >= 11 is 0. The van der Waals surface area contributed by atoms with Crippen LogP contribution in [-0.2, 0) is 17.5 Å². The predicted molar refractivity (Wildman–Crippen MR) is 57.9 cm³/mol. The molecule has 0 aliphatic heterocycles. The van der Waals surface area contributed by atoms with Gasteiger partial charge in [0.05, 0.1) is 18.2 Å². The van der Waals surface area contributed by atoms with Crippen molar-refractivity contribution in [3.8, 4) is 0 Å². The van der Waals surface area contributed by atoms with Gasteiger partial charge in [0.25, 0.3) is 0 Å². The van der Waals surface area contributed by atoms with E-state index in [1.807, 2.05) is 0 Å². The summed E-state index contributed by atoms with van der Waals surface area (Å²) < 4.78 is 41.9. The molecule has 0 aliphatic rings. The number of alkyl halides is 3. The van der Waals surface area contributed by atoms with E-state index in [9.17, 15) is 18.0 Å². The molecule has 0 aromatic heterocycles. The molecule has 1 aromatic rings. The molecule has 0 saturated heterocycles. The van der Waals surface area contributed by atoms with E-state index in [0.717, 1.165) is 19.2 Å². The summed E-state index contributed by atoms with van der Waals surface area (Å²) in [5, 5.41) is 0. The van der Waals surface area contributed by atoms with Crippen molar-refractivity contribution in [1.82, 2.24) is 0 Å². The SMILES string of the molecule is COC(=O)c1cc(CN)ccc1C(F)(F)F.Cl. The molecule has 2 N–H and O–H groups in total. The quantitative estimate of drug-likeness (QED) is 0.839. The molecular formula is C10H11ClF3NO2. The monoisotopic (exact) mass is 269 g/mol. The number of nitrogens with two attached hydrogens (primary N) is 1.